The van der Waals surface area contributed by atoms with Gasteiger partial charge in [0.25, 0.3) is 0 Å². The third-order valence-corrected chi connectivity index (χ3v) is 7.66. The van der Waals surface area contributed by atoms with Crippen LogP contribution in [0, 0.1) is 17.3 Å². The van der Waals surface area contributed by atoms with Crippen molar-refractivity contribution in [1.29, 1.82) is 0 Å². The Morgan fingerprint density at radius 3 is 2.59 bits per heavy atom. The molecule has 2 aromatic carbocycles. The first-order valence-corrected chi connectivity index (χ1v) is 10.3. The fourth-order valence-electron chi connectivity index (χ4n) is 6.30. The minimum atomic E-state index is -1.12. The Labute approximate surface area is 170 Å². The van der Waals surface area contributed by atoms with Crippen molar-refractivity contribution in [3.8, 4) is 11.5 Å². The highest BCUT2D eigenvalue weighted by Gasteiger charge is 2.69. The van der Waals surface area contributed by atoms with Gasteiger partial charge in [-0.15, -0.1) is 0 Å². The lowest BCUT2D eigenvalue weighted by molar-refractivity contribution is -0.121. The molecule has 4 atom stereocenters. The Bertz CT molecular complexity index is 1040. The predicted molar refractivity (Wildman–Crippen MR) is 112 cm³/mol. The zero-order valence-corrected chi connectivity index (χ0v) is 17.0. The van der Waals surface area contributed by atoms with Gasteiger partial charge in [0.2, 0.25) is 0 Å². The molecule has 2 N–H and O–H groups in total. The summed E-state index contributed by atoms with van der Waals surface area (Å²) >= 11 is 0. The van der Waals surface area contributed by atoms with Gasteiger partial charge in [0, 0.05) is 17.4 Å². The summed E-state index contributed by atoms with van der Waals surface area (Å²) in [4.78, 5) is 12.1. The van der Waals surface area contributed by atoms with E-state index in [0.29, 0.717) is 28.7 Å². The van der Waals surface area contributed by atoms with Crippen LogP contribution >= 0.6 is 0 Å². The van der Waals surface area contributed by atoms with Crippen LogP contribution in [0.2, 0.25) is 0 Å². The molecule has 0 radical (unpaired) electrons. The van der Waals surface area contributed by atoms with Gasteiger partial charge in [-0.3, -0.25) is 0 Å². The second kappa shape index (κ2) is 5.88. The molecule has 4 heteroatoms. The summed E-state index contributed by atoms with van der Waals surface area (Å²) < 4.78 is 6.46. The number of carboxylic acids is 1. The molecule has 2 fully saturated rings. The zero-order valence-electron chi connectivity index (χ0n) is 17.0. The number of benzene rings is 2. The maximum atomic E-state index is 12.1. The summed E-state index contributed by atoms with van der Waals surface area (Å²) in [5.41, 5.74) is 1.86. The van der Waals surface area contributed by atoms with E-state index in [-0.39, 0.29) is 28.2 Å². The van der Waals surface area contributed by atoms with E-state index in [9.17, 15) is 15.0 Å². The molecular formula is C25H26O4. The fourth-order valence-corrected chi connectivity index (χ4v) is 6.30. The SMILES string of the molecule is CC1(C)[C@@H]2CC[C@]3(C)Oc4cc(/C=C/c5ccccc5)c(C(=O)O)c(O)c4[C@H]1[C@H]23. The molecule has 5 rings (SSSR count). The van der Waals surface area contributed by atoms with Crippen LogP contribution in [0.1, 0.15) is 66.6 Å². The number of aromatic hydroxyl groups is 1. The number of hydrogen-bond acceptors (Lipinski definition) is 3. The molecule has 2 aliphatic carbocycles. The van der Waals surface area contributed by atoms with Crippen LogP contribution in [-0.4, -0.2) is 21.8 Å². The third kappa shape index (κ3) is 2.41. The number of phenols is 1. The Morgan fingerprint density at radius 1 is 1.17 bits per heavy atom. The molecule has 0 spiro atoms. The Balaban J connectivity index is 1.67. The van der Waals surface area contributed by atoms with Crippen LogP contribution < -0.4 is 4.74 Å². The molecule has 0 amide bonds. The molecule has 2 aromatic rings. The molecule has 29 heavy (non-hydrogen) atoms. The van der Waals surface area contributed by atoms with Crippen LogP contribution in [-0.2, 0) is 0 Å². The summed E-state index contributed by atoms with van der Waals surface area (Å²) in [5, 5.41) is 21.0. The average Bonchev–Trinajstić information content (AvgIpc) is 3.01. The van der Waals surface area contributed by atoms with Gasteiger partial charge < -0.3 is 14.9 Å². The summed E-state index contributed by atoms with van der Waals surface area (Å²) in [5.74, 6) is 0.394. The van der Waals surface area contributed by atoms with E-state index >= 15 is 0 Å². The number of fused-ring (bicyclic) bond motifs is 2. The first-order valence-electron chi connectivity index (χ1n) is 10.3. The monoisotopic (exact) mass is 390 g/mol. The quantitative estimate of drug-likeness (QED) is 0.673. The smallest absolute Gasteiger partial charge is 0.340 e. The summed E-state index contributed by atoms with van der Waals surface area (Å²) in [6.45, 7) is 6.65. The normalized spacial score (nSPS) is 30.9. The van der Waals surface area contributed by atoms with Crippen LogP contribution in [0.4, 0.5) is 0 Å². The molecule has 0 aromatic heterocycles. The van der Waals surface area contributed by atoms with E-state index in [4.69, 9.17) is 4.74 Å². The molecule has 4 nitrogen and oxygen atoms in total. The van der Waals surface area contributed by atoms with Gasteiger partial charge in [0.15, 0.2) is 0 Å². The highest BCUT2D eigenvalue weighted by Crippen LogP contribution is 2.74. The van der Waals surface area contributed by atoms with Crippen molar-refractivity contribution in [3.63, 3.8) is 0 Å². The molecular weight excluding hydrogens is 364 g/mol. The fraction of sp³-hybridized carbons (Fsp3) is 0.400. The lowest BCUT2D eigenvalue weighted by Gasteiger charge is -2.62. The van der Waals surface area contributed by atoms with Crippen molar-refractivity contribution in [2.45, 2.75) is 45.1 Å². The minimum absolute atomic E-state index is 0.0234. The summed E-state index contributed by atoms with van der Waals surface area (Å²) in [6, 6.07) is 11.5. The summed E-state index contributed by atoms with van der Waals surface area (Å²) in [6.07, 6.45) is 5.73. The van der Waals surface area contributed by atoms with Gasteiger partial charge in [0.05, 0.1) is 0 Å². The Morgan fingerprint density at radius 2 is 1.90 bits per heavy atom. The number of ether oxygens (including phenoxy) is 1. The van der Waals surface area contributed by atoms with Crippen LogP contribution in [0.3, 0.4) is 0 Å². The second-order valence-corrected chi connectivity index (χ2v) is 9.54. The van der Waals surface area contributed by atoms with Gasteiger partial charge in [-0.25, -0.2) is 4.79 Å². The molecule has 1 heterocycles. The highest BCUT2D eigenvalue weighted by atomic mass is 16.5. The van der Waals surface area contributed by atoms with Crippen LogP contribution in [0.5, 0.6) is 11.5 Å². The molecule has 1 aliphatic heterocycles. The Kier molecular flexibility index (Phi) is 3.71. The van der Waals surface area contributed by atoms with E-state index in [1.165, 1.54) is 0 Å². The van der Waals surface area contributed by atoms with Crippen molar-refractivity contribution in [2.24, 2.45) is 17.3 Å². The first-order chi connectivity index (χ1) is 13.7. The van der Waals surface area contributed by atoms with Gasteiger partial charge in [-0.05, 0) is 48.3 Å². The topological polar surface area (TPSA) is 66.8 Å². The molecule has 150 valence electrons. The second-order valence-electron chi connectivity index (χ2n) is 9.54. The van der Waals surface area contributed by atoms with Gasteiger partial charge in [0.1, 0.15) is 22.7 Å². The lowest BCUT2D eigenvalue weighted by atomic mass is 9.45. The van der Waals surface area contributed by atoms with Crippen LogP contribution in [0.15, 0.2) is 36.4 Å². The number of carboxylic acid groups (broad SMARTS) is 1. The number of aromatic carboxylic acids is 1. The molecule has 2 saturated carbocycles. The summed E-state index contributed by atoms with van der Waals surface area (Å²) in [7, 11) is 0. The number of hydrogen-bond donors (Lipinski definition) is 2. The standard InChI is InChI=1S/C25H26O4/c1-24(2)16-11-12-25(3)20(16)21(24)19-17(29-25)13-15(18(22(19)26)23(27)28)10-9-14-7-5-4-6-8-14/h4-10,13,16,20-21,26H,11-12H2,1-3H3,(H,27,28)/b10-9+/t16-,20+,21+,25+/m1/s1. The van der Waals surface area contributed by atoms with E-state index in [2.05, 4.69) is 20.8 Å². The zero-order chi connectivity index (χ0) is 20.6. The molecule has 3 aliphatic rings. The van der Waals surface area contributed by atoms with Crippen LogP contribution in [0.25, 0.3) is 12.2 Å². The third-order valence-electron chi connectivity index (χ3n) is 7.66. The Hall–Kier alpha value is -2.75. The van der Waals surface area contributed by atoms with Crippen molar-refractivity contribution in [2.75, 3.05) is 0 Å². The molecule has 0 bridgehead atoms. The van der Waals surface area contributed by atoms with Gasteiger partial charge >= 0.3 is 5.97 Å². The van der Waals surface area contributed by atoms with Crippen molar-refractivity contribution in [3.05, 3.63) is 58.7 Å². The van der Waals surface area contributed by atoms with Gasteiger partial charge in [-0.1, -0.05) is 56.3 Å². The minimum Gasteiger partial charge on any atom is -0.507 e. The molecule has 0 unspecified atom stereocenters. The van der Waals surface area contributed by atoms with Crippen molar-refractivity contribution < 1.29 is 19.7 Å². The largest absolute Gasteiger partial charge is 0.507 e. The lowest BCUT2D eigenvalue weighted by Crippen LogP contribution is -2.59. The van der Waals surface area contributed by atoms with E-state index in [0.717, 1.165) is 18.4 Å². The van der Waals surface area contributed by atoms with Gasteiger partial charge in [-0.2, -0.15) is 0 Å². The van der Waals surface area contributed by atoms with E-state index < -0.39 is 5.97 Å². The van der Waals surface area contributed by atoms with Crippen molar-refractivity contribution >= 4 is 18.1 Å². The first kappa shape index (κ1) is 18.3. The average molecular weight is 390 g/mol. The maximum absolute atomic E-state index is 12.1. The maximum Gasteiger partial charge on any atom is 0.340 e. The molecule has 0 saturated heterocycles. The number of carbonyl (C=O) groups is 1. The van der Waals surface area contributed by atoms with Crippen molar-refractivity contribution in [1.82, 2.24) is 0 Å². The van der Waals surface area contributed by atoms with E-state index in [1.807, 2.05) is 36.4 Å². The van der Waals surface area contributed by atoms with E-state index in [1.54, 1.807) is 12.1 Å². The number of rotatable bonds is 3. The predicted octanol–water partition coefficient (Wildman–Crippen LogP) is 5.56. The highest BCUT2D eigenvalue weighted by molar-refractivity contribution is 5.97.